The number of ether oxygens (including phenoxy) is 2. The van der Waals surface area contributed by atoms with Crippen LogP contribution in [0.5, 0.6) is 5.75 Å². The fourth-order valence-corrected chi connectivity index (χ4v) is 2.12. The third kappa shape index (κ3) is 2.20. The van der Waals surface area contributed by atoms with Crippen LogP contribution in [0.25, 0.3) is 0 Å². The molecule has 2 rings (SSSR count). The Kier molecular flexibility index (Phi) is 3.46. The molecule has 1 aromatic carbocycles. The van der Waals surface area contributed by atoms with Crippen LogP contribution in [0.4, 0.5) is 0 Å². The molecular weight excluding hydrogens is 204 g/mol. The van der Waals surface area contributed by atoms with Crippen molar-refractivity contribution >= 4 is 0 Å². The van der Waals surface area contributed by atoms with Gasteiger partial charge in [-0.25, -0.2) is 0 Å². The van der Waals surface area contributed by atoms with E-state index >= 15 is 0 Å². The van der Waals surface area contributed by atoms with Crippen molar-refractivity contribution in [1.29, 1.82) is 0 Å². The van der Waals surface area contributed by atoms with Crippen molar-refractivity contribution in [3.63, 3.8) is 0 Å². The molecule has 16 heavy (non-hydrogen) atoms. The molecule has 1 aliphatic heterocycles. The van der Waals surface area contributed by atoms with E-state index in [-0.39, 0.29) is 0 Å². The Balaban J connectivity index is 2.30. The molecule has 0 radical (unpaired) electrons. The van der Waals surface area contributed by atoms with Crippen LogP contribution < -0.4 is 4.74 Å². The topological polar surface area (TPSA) is 38.7 Å². The number of hydrogen-bond acceptors (Lipinski definition) is 3. The number of rotatable bonds is 3. The Labute approximate surface area is 96.0 Å². The molecule has 1 atom stereocenters. The third-order valence-corrected chi connectivity index (χ3v) is 2.91. The molecule has 1 saturated heterocycles. The molecule has 0 amide bonds. The Bertz CT molecular complexity index is 343. The maximum atomic E-state index is 10.5. The molecule has 3 nitrogen and oxygen atoms in total. The van der Waals surface area contributed by atoms with Gasteiger partial charge in [0.15, 0.2) is 0 Å². The average molecular weight is 222 g/mol. The second-order valence-electron chi connectivity index (χ2n) is 4.12. The fraction of sp³-hybridized carbons (Fsp3) is 0.538. The average Bonchev–Trinajstić information content (AvgIpc) is 2.31. The molecule has 1 aliphatic rings. The van der Waals surface area contributed by atoms with Gasteiger partial charge in [0.1, 0.15) is 11.4 Å². The van der Waals surface area contributed by atoms with E-state index in [2.05, 4.69) is 0 Å². The normalized spacial score (nSPS) is 25.4. The van der Waals surface area contributed by atoms with Crippen molar-refractivity contribution < 1.29 is 14.6 Å². The van der Waals surface area contributed by atoms with E-state index in [1.54, 1.807) is 0 Å². The van der Waals surface area contributed by atoms with Crippen molar-refractivity contribution in [2.24, 2.45) is 0 Å². The predicted molar refractivity (Wildman–Crippen MR) is 61.6 cm³/mol. The summed E-state index contributed by atoms with van der Waals surface area (Å²) < 4.78 is 10.9. The molecular formula is C13H18O3. The van der Waals surface area contributed by atoms with Gasteiger partial charge in [0, 0.05) is 12.2 Å². The monoisotopic (exact) mass is 222 g/mol. The minimum absolute atomic E-state index is 0.358. The molecule has 0 spiro atoms. The van der Waals surface area contributed by atoms with Crippen molar-refractivity contribution in [2.45, 2.75) is 25.4 Å². The van der Waals surface area contributed by atoms with Crippen molar-refractivity contribution in [3.05, 3.63) is 29.8 Å². The minimum Gasteiger partial charge on any atom is -0.493 e. The van der Waals surface area contributed by atoms with Crippen molar-refractivity contribution in [2.75, 3.05) is 19.8 Å². The Morgan fingerprint density at radius 1 is 1.44 bits per heavy atom. The van der Waals surface area contributed by atoms with Crippen LogP contribution in [0.3, 0.4) is 0 Å². The first-order valence-corrected chi connectivity index (χ1v) is 5.79. The number of hydrogen-bond donors (Lipinski definition) is 1. The number of benzene rings is 1. The third-order valence-electron chi connectivity index (χ3n) is 2.91. The van der Waals surface area contributed by atoms with Gasteiger partial charge in [-0.2, -0.15) is 0 Å². The van der Waals surface area contributed by atoms with E-state index in [1.807, 2.05) is 31.2 Å². The predicted octanol–water partition coefficient (Wildman–Crippen LogP) is 2.08. The van der Waals surface area contributed by atoms with E-state index in [0.717, 1.165) is 30.8 Å². The quantitative estimate of drug-likeness (QED) is 0.851. The first kappa shape index (κ1) is 11.4. The van der Waals surface area contributed by atoms with Crippen LogP contribution in [0.15, 0.2) is 24.3 Å². The highest BCUT2D eigenvalue weighted by Gasteiger charge is 2.34. The largest absolute Gasteiger partial charge is 0.493 e. The van der Waals surface area contributed by atoms with Gasteiger partial charge in [-0.15, -0.1) is 0 Å². The van der Waals surface area contributed by atoms with Crippen LogP contribution in [0.1, 0.15) is 25.3 Å². The minimum atomic E-state index is -0.885. The van der Waals surface area contributed by atoms with E-state index in [9.17, 15) is 5.11 Å². The lowest BCUT2D eigenvalue weighted by molar-refractivity contribution is -0.0913. The van der Waals surface area contributed by atoms with E-state index in [0.29, 0.717) is 13.2 Å². The summed E-state index contributed by atoms with van der Waals surface area (Å²) >= 11 is 0. The van der Waals surface area contributed by atoms with Gasteiger partial charge >= 0.3 is 0 Å². The first-order chi connectivity index (χ1) is 7.76. The van der Waals surface area contributed by atoms with E-state index in [4.69, 9.17) is 9.47 Å². The van der Waals surface area contributed by atoms with Gasteiger partial charge in [0.25, 0.3) is 0 Å². The van der Waals surface area contributed by atoms with Gasteiger partial charge < -0.3 is 14.6 Å². The highest BCUT2D eigenvalue weighted by atomic mass is 16.5. The zero-order chi connectivity index (χ0) is 11.4. The zero-order valence-electron chi connectivity index (χ0n) is 9.61. The summed E-state index contributed by atoms with van der Waals surface area (Å²) in [7, 11) is 0. The van der Waals surface area contributed by atoms with Crippen molar-refractivity contribution in [3.8, 4) is 5.75 Å². The SMILES string of the molecule is CCOc1ccccc1C1(O)CCCOC1. The van der Waals surface area contributed by atoms with E-state index < -0.39 is 5.60 Å². The van der Waals surface area contributed by atoms with Gasteiger partial charge in [-0.05, 0) is 25.8 Å². The molecule has 3 heteroatoms. The lowest BCUT2D eigenvalue weighted by Gasteiger charge is -2.33. The molecule has 0 bridgehead atoms. The summed E-state index contributed by atoms with van der Waals surface area (Å²) in [5.74, 6) is 0.762. The summed E-state index contributed by atoms with van der Waals surface area (Å²) in [6, 6.07) is 7.65. The highest BCUT2D eigenvalue weighted by Crippen LogP contribution is 2.35. The van der Waals surface area contributed by atoms with Crippen molar-refractivity contribution in [1.82, 2.24) is 0 Å². The van der Waals surface area contributed by atoms with Crippen LogP contribution in [0, 0.1) is 0 Å². The molecule has 1 N–H and O–H groups in total. The summed E-state index contributed by atoms with van der Waals surface area (Å²) in [5.41, 5.74) is -0.0409. The molecule has 1 aromatic rings. The summed E-state index contributed by atoms with van der Waals surface area (Å²) in [6.07, 6.45) is 1.62. The maximum absolute atomic E-state index is 10.5. The fourth-order valence-electron chi connectivity index (χ4n) is 2.12. The standard InChI is InChI=1S/C13H18O3/c1-2-16-12-7-4-3-6-11(12)13(14)8-5-9-15-10-13/h3-4,6-7,14H,2,5,8-10H2,1H3. The second-order valence-corrected chi connectivity index (χ2v) is 4.12. The van der Waals surface area contributed by atoms with Gasteiger partial charge in [0.2, 0.25) is 0 Å². The molecule has 1 heterocycles. The molecule has 1 fully saturated rings. The zero-order valence-corrected chi connectivity index (χ0v) is 9.61. The van der Waals surface area contributed by atoms with Gasteiger partial charge in [0.05, 0.1) is 13.2 Å². The summed E-state index contributed by atoms with van der Waals surface area (Å²) in [5, 5.41) is 10.5. The van der Waals surface area contributed by atoms with Crippen LogP contribution in [-0.2, 0) is 10.3 Å². The Hall–Kier alpha value is -1.06. The smallest absolute Gasteiger partial charge is 0.125 e. The van der Waals surface area contributed by atoms with Crippen LogP contribution >= 0.6 is 0 Å². The van der Waals surface area contributed by atoms with E-state index in [1.165, 1.54) is 0 Å². The Morgan fingerprint density at radius 3 is 2.94 bits per heavy atom. The van der Waals surface area contributed by atoms with Gasteiger partial charge in [-0.3, -0.25) is 0 Å². The molecule has 0 saturated carbocycles. The number of para-hydroxylation sites is 1. The molecule has 0 aliphatic carbocycles. The summed E-state index contributed by atoms with van der Waals surface area (Å²) in [4.78, 5) is 0. The lowest BCUT2D eigenvalue weighted by atomic mass is 9.88. The summed E-state index contributed by atoms with van der Waals surface area (Å²) in [6.45, 7) is 3.64. The molecule has 1 unspecified atom stereocenters. The molecule has 0 aromatic heterocycles. The first-order valence-electron chi connectivity index (χ1n) is 5.79. The van der Waals surface area contributed by atoms with Crippen LogP contribution in [0.2, 0.25) is 0 Å². The number of aliphatic hydroxyl groups is 1. The van der Waals surface area contributed by atoms with Crippen LogP contribution in [-0.4, -0.2) is 24.9 Å². The molecule has 88 valence electrons. The Morgan fingerprint density at radius 2 is 2.25 bits per heavy atom. The maximum Gasteiger partial charge on any atom is 0.125 e. The van der Waals surface area contributed by atoms with Gasteiger partial charge in [-0.1, -0.05) is 18.2 Å². The highest BCUT2D eigenvalue weighted by molar-refractivity contribution is 5.38. The second kappa shape index (κ2) is 4.85. The lowest BCUT2D eigenvalue weighted by Crippen LogP contribution is -2.36.